The molecule has 0 saturated heterocycles. The number of carbonyl (C=O) groups excluding carboxylic acids is 2. The molecule has 1 atom stereocenters. The zero-order valence-corrected chi connectivity index (χ0v) is 13.7. The Morgan fingerprint density at radius 3 is 2.67 bits per heavy atom. The SMILES string of the molecule is CCOc1ccc2c(c1)C(NC(=O)/C=C/C(=O)NC1CC1)CCO2. The maximum Gasteiger partial charge on any atom is 0.244 e. The van der Waals surface area contributed by atoms with Crippen molar-refractivity contribution in [3.63, 3.8) is 0 Å². The summed E-state index contributed by atoms with van der Waals surface area (Å²) in [6, 6.07) is 5.74. The summed E-state index contributed by atoms with van der Waals surface area (Å²) in [4.78, 5) is 23.7. The van der Waals surface area contributed by atoms with Crippen molar-refractivity contribution in [3.8, 4) is 11.5 Å². The molecule has 1 aliphatic heterocycles. The smallest absolute Gasteiger partial charge is 0.244 e. The molecule has 24 heavy (non-hydrogen) atoms. The lowest BCUT2D eigenvalue weighted by molar-refractivity contribution is -0.119. The molecule has 1 aromatic carbocycles. The van der Waals surface area contributed by atoms with Crippen molar-refractivity contribution in [3.05, 3.63) is 35.9 Å². The summed E-state index contributed by atoms with van der Waals surface area (Å²) in [7, 11) is 0. The lowest BCUT2D eigenvalue weighted by atomic mass is 10.00. The minimum atomic E-state index is -0.291. The minimum absolute atomic E-state index is 0.155. The fraction of sp³-hybridized carbons (Fsp3) is 0.444. The van der Waals surface area contributed by atoms with E-state index in [1.165, 1.54) is 12.2 Å². The average Bonchev–Trinajstić information content (AvgIpc) is 3.38. The number of benzene rings is 1. The van der Waals surface area contributed by atoms with Crippen LogP contribution in [0.15, 0.2) is 30.4 Å². The van der Waals surface area contributed by atoms with Crippen LogP contribution in [-0.2, 0) is 9.59 Å². The molecule has 0 aromatic heterocycles. The Morgan fingerprint density at radius 1 is 1.21 bits per heavy atom. The third-order valence-electron chi connectivity index (χ3n) is 3.96. The molecule has 128 valence electrons. The van der Waals surface area contributed by atoms with Crippen molar-refractivity contribution in [1.29, 1.82) is 0 Å². The predicted octanol–water partition coefficient (Wildman–Crippen LogP) is 1.86. The number of hydrogen-bond acceptors (Lipinski definition) is 4. The molecule has 1 aromatic rings. The summed E-state index contributed by atoms with van der Waals surface area (Å²) in [6.45, 7) is 3.04. The molecule has 1 saturated carbocycles. The fourth-order valence-corrected chi connectivity index (χ4v) is 2.63. The van der Waals surface area contributed by atoms with Gasteiger partial charge in [0.15, 0.2) is 0 Å². The summed E-state index contributed by atoms with van der Waals surface area (Å²) in [6.07, 6.45) is 5.28. The second-order valence-electron chi connectivity index (χ2n) is 5.95. The number of carbonyl (C=O) groups is 2. The Hall–Kier alpha value is -2.50. The zero-order chi connectivity index (χ0) is 16.9. The highest BCUT2D eigenvalue weighted by atomic mass is 16.5. The lowest BCUT2D eigenvalue weighted by Crippen LogP contribution is -2.31. The highest BCUT2D eigenvalue weighted by Gasteiger charge is 2.24. The molecular weight excluding hydrogens is 308 g/mol. The molecule has 1 aliphatic carbocycles. The maximum atomic E-state index is 12.1. The van der Waals surface area contributed by atoms with E-state index in [1.54, 1.807) is 0 Å². The van der Waals surface area contributed by atoms with E-state index in [2.05, 4.69) is 10.6 Å². The Bertz CT molecular complexity index is 652. The van der Waals surface area contributed by atoms with E-state index in [0.29, 0.717) is 19.6 Å². The first-order valence-corrected chi connectivity index (χ1v) is 8.34. The van der Waals surface area contributed by atoms with Crippen molar-refractivity contribution >= 4 is 11.8 Å². The predicted molar refractivity (Wildman–Crippen MR) is 88.9 cm³/mol. The van der Waals surface area contributed by atoms with Crippen LogP contribution in [0.25, 0.3) is 0 Å². The van der Waals surface area contributed by atoms with E-state index in [9.17, 15) is 9.59 Å². The largest absolute Gasteiger partial charge is 0.494 e. The lowest BCUT2D eigenvalue weighted by Gasteiger charge is -2.26. The van der Waals surface area contributed by atoms with E-state index in [-0.39, 0.29) is 23.9 Å². The zero-order valence-electron chi connectivity index (χ0n) is 13.7. The van der Waals surface area contributed by atoms with Gasteiger partial charge < -0.3 is 20.1 Å². The summed E-state index contributed by atoms with van der Waals surface area (Å²) in [5.74, 6) is 0.991. The van der Waals surface area contributed by atoms with E-state index in [4.69, 9.17) is 9.47 Å². The van der Waals surface area contributed by atoms with Gasteiger partial charge in [-0.2, -0.15) is 0 Å². The third-order valence-corrected chi connectivity index (χ3v) is 3.96. The van der Waals surface area contributed by atoms with Crippen molar-refractivity contribution in [2.24, 2.45) is 0 Å². The first-order valence-electron chi connectivity index (χ1n) is 8.34. The first kappa shape index (κ1) is 16.4. The molecule has 1 unspecified atom stereocenters. The van der Waals surface area contributed by atoms with Crippen LogP contribution in [0.4, 0.5) is 0 Å². The summed E-state index contributed by atoms with van der Waals surface area (Å²) in [5.41, 5.74) is 0.899. The molecule has 0 radical (unpaired) electrons. The molecule has 1 fully saturated rings. The quantitative estimate of drug-likeness (QED) is 0.781. The van der Waals surface area contributed by atoms with Crippen LogP contribution in [0.1, 0.15) is 37.8 Å². The Morgan fingerprint density at radius 2 is 1.96 bits per heavy atom. The fourth-order valence-electron chi connectivity index (χ4n) is 2.63. The van der Waals surface area contributed by atoms with Gasteiger partial charge in [0.05, 0.1) is 19.3 Å². The monoisotopic (exact) mass is 330 g/mol. The van der Waals surface area contributed by atoms with Gasteiger partial charge in [-0.1, -0.05) is 0 Å². The topological polar surface area (TPSA) is 76.7 Å². The van der Waals surface area contributed by atoms with E-state index in [1.807, 2.05) is 25.1 Å². The van der Waals surface area contributed by atoms with Gasteiger partial charge in [0.1, 0.15) is 11.5 Å². The highest BCUT2D eigenvalue weighted by molar-refractivity contribution is 5.97. The van der Waals surface area contributed by atoms with Crippen LogP contribution >= 0.6 is 0 Å². The number of amides is 2. The molecule has 2 N–H and O–H groups in total. The number of rotatable bonds is 6. The normalized spacial score (nSPS) is 19.3. The van der Waals surface area contributed by atoms with Gasteiger partial charge in [-0.15, -0.1) is 0 Å². The van der Waals surface area contributed by atoms with E-state index < -0.39 is 0 Å². The Kier molecular flexibility index (Phi) is 5.03. The number of nitrogens with one attached hydrogen (secondary N) is 2. The molecule has 0 bridgehead atoms. The Labute approximate surface area is 141 Å². The van der Waals surface area contributed by atoms with Crippen molar-refractivity contribution in [1.82, 2.24) is 10.6 Å². The highest BCUT2D eigenvalue weighted by Crippen LogP contribution is 2.34. The van der Waals surface area contributed by atoms with Crippen LogP contribution in [0.2, 0.25) is 0 Å². The molecule has 6 heteroatoms. The van der Waals surface area contributed by atoms with E-state index >= 15 is 0 Å². The van der Waals surface area contributed by atoms with Gasteiger partial charge in [-0.3, -0.25) is 9.59 Å². The molecule has 1 heterocycles. The van der Waals surface area contributed by atoms with Gasteiger partial charge >= 0.3 is 0 Å². The van der Waals surface area contributed by atoms with Gasteiger partial charge in [0.25, 0.3) is 0 Å². The summed E-state index contributed by atoms with van der Waals surface area (Å²) >= 11 is 0. The summed E-state index contributed by atoms with van der Waals surface area (Å²) < 4.78 is 11.1. The molecule has 0 spiro atoms. The second-order valence-corrected chi connectivity index (χ2v) is 5.95. The van der Waals surface area contributed by atoms with Gasteiger partial charge in [-0.25, -0.2) is 0 Å². The first-order chi connectivity index (χ1) is 11.7. The van der Waals surface area contributed by atoms with Crippen LogP contribution < -0.4 is 20.1 Å². The van der Waals surface area contributed by atoms with Crippen molar-refractivity contribution in [2.75, 3.05) is 13.2 Å². The minimum Gasteiger partial charge on any atom is -0.494 e. The number of fused-ring (bicyclic) bond motifs is 1. The number of ether oxygens (including phenoxy) is 2. The van der Waals surface area contributed by atoms with Crippen LogP contribution in [0.3, 0.4) is 0 Å². The second kappa shape index (κ2) is 7.38. The Balaban J connectivity index is 1.62. The van der Waals surface area contributed by atoms with E-state index in [0.717, 1.165) is 29.9 Å². The van der Waals surface area contributed by atoms with Crippen molar-refractivity contribution < 1.29 is 19.1 Å². The molecule has 2 aliphatic rings. The third kappa shape index (κ3) is 4.28. The van der Waals surface area contributed by atoms with Gasteiger partial charge in [-0.05, 0) is 38.0 Å². The maximum absolute atomic E-state index is 12.1. The molecule has 2 amide bonds. The molecule has 3 rings (SSSR count). The van der Waals surface area contributed by atoms with Crippen molar-refractivity contribution in [2.45, 2.75) is 38.3 Å². The standard InChI is InChI=1S/C18H22N2O4/c1-2-23-13-5-6-16-14(11-13)15(9-10-24-16)20-18(22)8-7-17(21)19-12-3-4-12/h5-8,11-12,15H,2-4,9-10H2,1H3,(H,19,21)(H,20,22)/b8-7+. The van der Waals surface area contributed by atoms with Crippen LogP contribution in [0.5, 0.6) is 11.5 Å². The molecule has 6 nitrogen and oxygen atoms in total. The molecular formula is C18H22N2O4. The van der Waals surface area contributed by atoms with Gasteiger partial charge in [0.2, 0.25) is 11.8 Å². The van der Waals surface area contributed by atoms with Crippen LogP contribution in [0, 0.1) is 0 Å². The average molecular weight is 330 g/mol. The summed E-state index contributed by atoms with van der Waals surface area (Å²) in [5, 5.41) is 5.74. The van der Waals surface area contributed by atoms with Crippen LogP contribution in [-0.4, -0.2) is 31.1 Å². The number of hydrogen-bond donors (Lipinski definition) is 2. The van der Waals surface area contributed by atoms with Gasteiger partial charge in [0, 0.05) is 30.2 Å².